The van der Waals surface area contributed by atoms with Crippen LogP contribution in [0.5, 0.6) is 11.5 Å². The van der Waals surface area contributed by atoms with Crippen molar-refractivity contribution in [1.29, 1.82) is 0 Å². The predicted molar refractivity (Wildman–Crippen MR) is 157 cm³/mol. The van der Waals surface area contributed by atoms with Gasteiger partial charge >= 0.3 is 0 Å². The molecule has 4 aromatic carbocycles. The molecule has 4 rings (SSSR count). The number of ether oxygens (including phenoxy) is 2. The molecule has 0 aliphatic carbocycles. The van der Waals surface area contributed by atoms with E-state index in [1.54, 1.807) is 60.7 Å². The Morgan fingerprint density at radius 2 is 1.60 bits per heavy atom. The number of hydrogen-bond donors (Lipinski definition) is 2. The average molecular weight is 591 g/mol. The highest BCUT2D eigenvalue weighted by molar-refractivity contribution is 7.92. The zero-order valence-corrected chi connectivity index (χ0v) is 23.3. The van der Waals surface area contributed by atoms with Crippen LogP contribution in [0.15, 0.2) is 113 Å². The van der Waals surface area contributed by atoms with Crippen molar-refractivity contribution in [2.75, 3.05) is 29.9 Å². The molecule has 0 heterocycles. The molecule has 0 aromatic heterocycles. The first kappa shape index (κ1) is 29.7. The Hall–Kier alpha value is -5.23. The van der Waals surface area contributed by atoms with Gasteiger partial charge in [0, 0.05) is 11.8 Å². The van der Waals surface area contributed by atoms with Crippen LogP contribution in [-0.4, -0.2) is 46.7 Å². The first-order valence-corrected chi connectivity index (χ1v) is 14.0. The Labute approximate surface area is 242 Å². The summed E-state index contributed by atoms with van der Waals surface area (Å²) in [5.74, 6) is -0.628. The molecular weight excluding hydrogens is 563 g/mol. The van der Waals surface area contributed by atoms with Crippen LogP contribution in [0.1, 0.15) is 5.56 Å². The highest BCUT2D eigenvalue weighted by Gasteiger charge is 2.27. The van der Waals surface area contributed by atoms with Gasteiger partial charge < -0.3 is 14.8 Å². The summed E-state index contributed by atoms with van der Waals surface area (Å²) >= 11 is 0. The molecule has 0 fully saturated rings. The average Bonchev–Trinajstić information content (AvgIpc) is 3.01. The molecule has 0 bridgehead atoms. The fourth-order valence-electron chi connectivity index (χ4n) is 3.67. The van der Waals surface area contributed by atoms with E-state index < -0.39 is 34.2 Å². The summed E-state index contributed by atoms with van der Waals surface area (Å²) in [5, 5.41) is 6.53. The number of benzene rings is 4. The number of hydrazone groups is 1. The second-order valence-electron chi connectivity index (χ2n) is 8.73. The van der Waals surface area contributed by atoms with Crippen molar-refractivity contribution in [3.05, 3.63) is 115 Å². The third-order valence-corrected chi connectivity index (χ3v) is 7.53. The normalized spacial score (nSPS) is 11.1. The monoisotopic (exact) mass is 590 g/mol. The van der Waals surface area contributed by atoms with Crippen molar-refractivity contribution in [2.24, 2.45) is 5.10 Å². The second-order valence-corrected chi connectivity index (χ2v) is 10.6. The van der Waals surface area contributed by atoms with Crippen LogP contribution in [0.25, 0.3) is 0 Å². The van der Waals surface area contributed by atoms with Crippen molar-refractivity contribution in [2.45, 2.75) is 4.90 Å². The van der Waals surface area contributed by atoms with Gasteiger partial charge in [-0.05, 0) is 78.4 Å². The van der Waals surface area contributed by atoms with Crippen molar-refractivity contribution < 1.29 is 31.9 Å². The Kier molecular flexibility index (Phi) is 9.85. The topological polar surface area (TPSA) is 126 Å². The highest BCUT2D eigenvalue weighted by atomic mass is 32.2. The minimum atomic E-state index is -4.08. The second kappa shape index (κ2) is 13.9. The van der Waals surface area contributed by atoms with E-state index in [-0.39, 0.29) is 17.2 Å². The van der Waals surface area contributed by atoms with Gasteiger partial charge in [0.05, 0.1) is 23.9 Å². The predicted octanol–water partition coefficient (Wildman–Crippen LogP) is 4.20. The van der Waals surface area contributed by atoms with E-state index in [1.807, 2.05) is 0 Å². The number of carbonyl (C=O) groups excluding carboxylic acids is 2. The summed E-state index contributed by atoms with van der Waals surface area (Å²) in [6.07, 6.45) is 1.38. The van der Waals surface area contributed by atoms with Crippen LogP contribution in [0, 0.1) is 5.82 Å². The van der Waals surface area contributed by atoms with Crippen LogP contribution >= 0.6 is 0 Å². The van der Waals surface area contributed by atoms with Gasteiger partial charge in [-0.1, -0.05) is 24.3 Å². The Balaban J connectivity index is 1.35. The summed E-state index contributed by atoms with van der Waals surface area (Å²) in [4.78, 5) is 24.8. The molecule has 216 valence electrons. The van der Waals surface area contributed by atoms with Crippen LogP contribution in [-0.2, 0) is 19.6 Å². The van der Waals surface area contributed by atoms with Crippen LogP contribution < -0.4 is 24.5 Å². The van der Waals surface area contributed by atoms with E-state index in [4.69, 9.17) is 9.47 Å². The molecule has 0 unspecified atom stereocenters. The number of nitrogens with zero attached hydrogens (tertiary/aromatic N) is 2. The number of rotatable bonds is 12. The zero-order chi connectivity index (χ0) is 30.0. The van der Waals surface area contributed by atoms with E-state index in [1.165, 1.54) is 55.8 Å². The molecule has 10 nitrogen and oxygen atoms in total. The third-order valence-electron chi connectivity index (χ3n) is 5.74. The number of methoxy groups -OCH3 is 1. The molecule has 12 heteroatoms. The molecule has 0 saturated carbocycles. The number of sulfonamides is 1. The van der Waals surface area contributed by atoms with Crippen LogP contribution in [0.2, 0.25) is 0 Å². The van der Waals surface area contributed by atoms with Gasteiger partial charge in [0.25, 0.3) is 21.8 Å². The summed E-state index contributed by atoms with van der Waals surface area (Å²) in [6.45, 7) is -0.787. The van der Waals surface area contributed by atoms with E-state index in [9.17, 15) is 22.4 Å². The van der Waals surface area contributed by atoms with Gasteiger partial charge in [-0.15, -0.1) is 0 Å². The summed E-state index contributed by atoms with van der Waals surface area (Å²) in [6, 6.07) is 26.1. The van der Waals surface area contributed by atoms with E-state index in [0.717, 1.165) is 4.31 Å². The van der Waals surface area contributed by atoms with Gasteiger partial charge in [-0.2, -0.15) is 5.10 Å². The number of carbonyl (C=O) groups is 2. The minimum absolute atomic E-state index is 0.0272. The van der Waals surface area contributed by atoms with Gasteiger partial charge in [0.1, 0.15) is 23.9 Å². The van der Waals surface area contributed by atoms with E-state index in [0.29, 0.717) is 22.7 Å². The molecule has 0 radical (unpaired) electrons. The molecule has 0 atom stereocenters. The lowest BCUT2D eigenvalue weighted by molar-refractivity contribution is -0.119. The lowest BCUT2D eigenvalue weighted by atomic mass is 10.2. The lowest BCUT2D eigenvalue weighted by Crippen LogP contribution is -2.39. The van der Waals surface area contributed by atoms with E-state index >= 15 is 0 Å². The number of halogens is 1. The molecule has 42 heavy (non-hydrogen) atoms. The van der Waals surface area contributed by atoms with Gasteiger partial charge in [0.15, 0.2) is 6.61 Å². The zero-order valence-electron chi connectivity index (χ0n) is 22.4. The van der Waals surface area contributed by atoms with Gasteiger partial charge in [0.2, 0.25) is 0 Å². The highest BCUT2D eigenvalue weighted by Crippen LogP contribution is 2.26. The maximum Gasteiger partial charge on any atom is 0.264 e. The fourth-order valence-corrected chi connectivity index (χ4v) is 5.11. The first-order valence-electron chi connectivity index (χ1n) is 12.6. The van der Waals surface area contributed by atoms with Crippen molar-refractivity contribution >= 4 is 39.4 Å². The molecule has 4 aromatic rings. The molecule has 0 saturated heterocycles. The largest absolute Gasteiger partial charge is 0.497 e. The summed E-state index contributed by atoms with van der Waals surface area (Å²) in [5.41, 5.74) is 3.66. The maximum absolute atomic E-state index is 13.4. The Bertz CT molecular complexity index is 1650. The summed E-state index contributed by atoms with van der Waals surface area (Å²) < 4.78 is 51.5. The van der Waals surface area contributed by atoms with Crippen molar-refractivity contribution in [3.8, 4) is 11.5 Å². The molecule has 0 aliphatic rings. The summed E-state index contributed by atoms with van der Waals surface area (Å²) in [7, 11) is -2.62. The fraction of sp³-hybridized carbons (Fsp3) is 0.100. The number of nitrogens with one attached hydrogen (secondary N) is 2. The lowest BCUT2D eigenvalue weighted by Gasteiger charge is -2.24. The smallest absolute Gasteiger partial charge is 0.264 e. The Morgan fingerprint density at radius 3 is 2.29 bits per heavy atom. The maximum atomic E-state index is 13.4. The van der Waals surface area contributed by atoms with Crippen molar-refractivity contribution in [1.82, 2.24) is 5.43 Å². The standard InChI is InChI=1S/C30H27FN4O6S/c1-40-27-7-5-6-25(18-27)35(42(38,39)28-8-3-2-4-9-28)20-29(36)34-32-19-22-10-16-26(17-11-22)41-21-30(37)33-24-14-12-23(31)13-15-24/h2-19H,20-21H2,1H3,(H,33,37)(H,34,36)/b32-19+. The number of amides is 2. The minimum Gasteiger partial charge on any atom is -0.497 e. The molecule has 2 N–H and O–H groups in total. The third kappa shape index (κ3) is 8.15. The number of hydrogen-bond acceptors (Lipinski definition) is 7. The van der Waals surface area contributed by atoms with Gasteiger partial charge in [-0.25, -0.2) is 18.2 Å². The van der Waals surface area contributed by atoms with Crippen LogP contribution in [0.3, 0.4) is 0 Å². The van der Waals surface area contributed by atoms with E-state index in [2.05, 4.69) is 15.8 Å². The molecular formula is C30H27FN4O6S. The van der Waals surface area contributed by atoms with Crippen LogP contribution in [0.4, 0.5) is 15.8 Å². The van der Waals surface area contributed by atoms with Crippen molar-refractivity contribution in [3.63, 3.8) is 0 Å². The SMILES string of the molecule is COc1cccc(N(CC(=O)N/N=C/c2ccc(OCC(=O)Nc3ccc(F)cc3)cc2)S(=O)(=O)c2ccccc2)c1. The first-order chi connectivity index (χ1) is 20.2. The molecule has 2 amide bonds. The Morgan fingerprint density at radius 1 is 0.881 bits per heavy atom. The quantitative estimate of drug-likeness (QED) is 0.188. The molecule has 0 aliphatic heterocycles. The number of anilines is 2. The molecule has 0 spiro atoms. The van der Waals surface area contributed by atoms with Gasteiger partial charge in [-0.3, -0.25) is 13.9 Å².